The van der Waals surface area contributed by atoms with Crippen LogP contribution in [0.3, 0.4) is 0 Å². The van der Waals surface area contributed by atoms with Gasteiger partial charge in [-0.2, -0.15) is 0 Å². The number of nitrogens with one attached hydrogen (secondary N) is 1. The normalized spacial score (nSPS) is 23.2. The predicted molar refractivity (Wildman–Crippen MR) is 83.9 cm³/mol. The topological polar surface area (TPSA) is 35.5 Å². The molecule has 20 heavy (non-hydrogen) atoms. The number of likely N-dealkylation sites (N-methyl/N-ethyl adjacent to an activating group) is 1. The van der Waals surface area contributed by atoms with Crippen LogP contribution in [0.5, 0.6) is 0 Å². The van der Waals surface area contributed by atoms with Gasteiger partial charge < -0.3 is 10.4 Å². The average Bonchev–Trinajstić information content (AvgIpc) is 2.48. The van der Waals surface area contributed by atoms with E-state index in [1.54, 1.807) is 0 Å². The quantitative estimate of drug-likeness (QED) is 0.837. The van der Waals surface area contributed by atoms with Crippen LogP contribution in [0.1, 0.15) is 42.7 Å². The van der Waals surface area contributed by atoms with Gasteiger partial charge in [0.25, 0.3) is 0 Å². The van der Waals surface area contributed by atoms with E-state index >= 15 is 0 Å². The van der Waals surface area contributed by atoms with Crippen LogP contribution < -0.4 is 5.32 Å². The van der Waals surface area contributed by atoms with Gasteiger partial charge in [-0.15, -0.1) is 0 Å². The van der Waals surface area contributed by atoms with E-state index in [-0.39, 0.29) is 6.61 Å². The van der Waals surface area contributed by atoms with Gasteiger partial charge in [0.1, 0.15) is 0 Å². The van der Waals surface area contributed by atoms with E-state index in [1.165, 1.54) is 36.8 Å². The van der Waals surface area contributed by atoms with Crippen molar-refractivity contribution in [2.24, 2.45) is 0 Å². The second-order valence-electron chi connectivity index (χ2n) is 6.04. The third-order valence-electron chi connectivity index (χ3n) is 4.52. The fourth-order valence-electron chi connectivity index (χ4n) is 3.17. The average molecular weight is 276 g/mol. The Morgan fingerprint density at radius 3 is 2.35 bits per heavy atom. The minimum atomic E-state index is 0.225. The van der Waals surface area contributed by atoms with Crippen molar-refractivity contribution in [1.82, 2.24) is 10.2 Å². The summed E-state index contributed by atoms with van der Waals surface area (Å²) in [5, 5.41) is 12.3. The molecule has 0 amide bonds. The lowest BCUT2D eigenvalue weighted by atomic mass is 9.81. The molecule has 3 heteroatoms. The molecule has 1 aromatic carbocycles. The number of aliphatic hydroxyl groups excluding tert-OH is 1. The number of hydrogen-bond donors (Lipinski definition) is 2. The van der Waals surface area contributed by atoms with Crippen LogP contribution in [0.2, 0.25) is 0 Å². The summed E-state index contributed by atoms with van der Waals surface area (Å²) >= 11 is 0. The molecule has 0 spiro atoms. The molecule has 0 radical (unpaired) electrons. The lowest BCUT2D eigenvalue weighted by Gasteiger charge is -2.28. The smallest absolute Gasteiger partial charge is 0.0558 e. The summed E-state index contributed by atoms with van der Waals surface area (Å²) < 4.78 is 0. The molecule has 0 heterocycles. The van der Waals surface area contributed by atoms with Crippen LogP contribution >= 0.6 is 0 Å². The highest BCUT2D eigenvalue weighted by atomic mass is 16.3. The number of aliphatic hydroxyl groups is 1. The summed E-state index contributed by atoms with van der Waals surface area (Å²) in [7, 11) is 4.12. The van der Waals surface area contributed by atoms with Gasteiger partial charge in [0.2, 0.25) is 0 Å². The zero-order valence-corrected chi connectivity index (χ0v) is 12.8. The molecule has 3 nitrogen and oxygen atoms in total. The molecule has 0 aromatic heterocycles. The zero-order valence-electron chi connectivity index (χ0n) is 12.8. The van der Waals surface area contributed by atoms with Gasteiger partial charge in [-0.1, -0.05) is 24.3 Å². The van der Waals surface area contributed by atoms with Gasteiger partial charge in [-0.3, -0.25) is 4.90 Å². The Kier molecular flexibility index (Phi) is 6.02. The van der Waals surface area contributed by atoms with Crippen molar-refractivity contribution in [2.45, 2.75) is 44.2 Å². The standard InChI is InChI=1S/C17H28N2O/c1-18-17-9-7-16(8-10-17)15-5-3-14(4-6-15)13-19(2)11-12-20/h3-6,16-18,20H,7-13H2,1-2H3/t16-,17-. The first-order chi connectivity index (χ1) is 9.72. The molecule has 0 saturated heterocycles. The first kappa shape index (κ1) is 15.5. The number of benzene rings is 1. The van der Waals surface area contributed by atoms with Crippen LogP contribution in [0.25, 0.3) is 0 Å². The number of rotatable bonds is 6. The van der Waals surface area contributed by atoms with Crippen molar-refractivity contribution >= 4 is 0 Å². The molecule has 2 rings (SSSR count). The maximum absolute atomic E-state index is 8.92. The zero-order chi connectivity index (χ0) is 14.4. The SMILES string of the molecule is CN[C@H]1CC[C@H](c2ccc(CN(C)CCO)cc2)CC1. The lowest BCUT2D eigenvalue weighted by molar-refractivity contribution is 0.217. The van der Waals surface area contributed by atoms with Gasteiger partial charge in [0.05, 0.1) is 6.61 Å². The van der Waals surface area contributed by atoms with E-state index in [9.17, 15) is 0 Å². The largest absolute Gasteiger partial charge is 0.395 e. The summed E-state index contributed by atoms with van der Waals surface area (Å²) in [6.07, 6.45) is 5.19. The molecule has 1 saturated carbocycles. The Morgan fingerprint density at radius 1 is 1.15 bits per heavy atom. The molecule has 1 fully saturated rings. The van der Waals surface area contributed by atoms with E-state index in [0.29, 0.717) is 0 Å². The van der Waals surface area contributed by atoms with Crippen molar-refractivity contribution in [3.05, 3.63) is 35.4 Å². The van der Waals surface area contributed by atoms with Gasteiger partial charge in [-0.05, 0) is 56.8 Å². The minimum absolute atomic E-state index is 0.225. The van der Waals surface area contributed by atoms with Crippen LogP contribution in [-0.4, -0.2) is 43.3 Å². The van der Waals surface area contributed by atoms with E-state index in [4.69, 9.17) is 5.11 Å². The second-order valence-corrected chi connectivity index (χ2v) is 6.04. The minimum Gasteiger partial charge on any atom is -0.395 e. The Bertz CT molecular complexity index is 382. The lowest BCUT2D eigenvalue weighted by Crippen LogP contribution is -2.29. The van der Waals surface area contributed by atoms with Crippen molar-refractivity contribution < 1.29 is 5.11 Å². The molecule has 0 bridgehead atoms. The molecule has 1 aromatic rings. The first-order valence-corrected chi connectivity index (χ1v) is 7.78. The van der Waals surface area contributed by atoms with E-state index in [1.807, 2.05) is 7.05 Å². The van der Waals surface area contributed by atoms with Crippen LogP contribution in [0.4, 0.5) is 0 Å². The molecule has 0 unspecified atom stereocenters. The van der Waals surface area contributed by atoms with Gasteiger partial charge >= 0.3 is 0 Å². The second kappa shape index (κ2) is 7.77. The van der Waals surface area contributed by atoms with Crippen LogP contribution in [-0.2, 0) is 6.54 Å². The fourth-order valence-corrected chi connectivity index (χ4v) is 3.17. The van der Waals surface area contributed by atoms with Crippen molar-refractivity contribution in [3.63, 3.8) is 0 Å². The molecule has 2 N–H and O–H groups in total. The monoisotopic (exact) mass is 276 g/mol. The molecular formula is C17H28N2O. The fraction of sp³-hybridized carbons (Fsp3) is 0.647. The maximum Gasteiger partial charge on any atom is 0.0558 e. The summed E-state index contributed by atoms with van der Waals surface area (Å²) in [4.78, 5) is 2.15. The summed E-state index contributed by atoms with van der Waals surface area (Å²) in [5.74, 6) is 0.740. The van der Waals surface area contributed by atoms with Gasteiger partial charge in [0, 0.05) is 19.1 Å². The predicted octanol–water partition coefficient (Wildman–Crippen LogP) is 2.36. The van der Waals surface area contributed by atoms with Gasteiger partial charge in [0.15, 0.2) is 0 Å². The third-order valence-corrected chi connectivity index (χ3v) is 4.52. The molecule has 112 valence electrons. The summed E-state index contributed by atoms with van der Waals surface area (Å²) in [5.41, 5.74) is 2.82. The number of nitrogens with zero attached hydrogens (tertiary/aromatic N) is 1. The molecular weight excluding hydrogens is 248 g/mol. The van der Waals surface area contributed by atoms with Crippen molar-refractivity contribution in [1.29, 1.82) is 0 Å². The van der Waals surface area contributed by atoms with E-state index in [0.717, 1.165) is 25.0 Å². The van der Waals surface area contributed by atoms with E-state index < -0.39 is 0 Å². The maximum atomic E-state index is 8.92. The Labute approximate surface area is 123 Å². The summed E-state index contributed by atoms with van der Waals surface area (Å²) in [6, 6.07) is 9.80. The highest BCUT2D eigenvalue weighted by Gasteiger charge is 2.21. The van der Waals surface area contributed by atoms with E-state index in [2.05, 4.69) is 41.5 Å². The van der Waals surface area contributed by atoms with Crippen molar-refractivity contribution in [3.8, 4) is 0 Å². The molecule has 1 aliphatic rings. The highest BCUT2D eigenvalue weighted by molar-refractivity contribution is 5.25. The number of hydrogen-bond acceptors (Lipinski definition) is 3. The summed E-state index contributed by atoms with van der Waals surface area (Å²) in [6.45, 7) is 1.87. The first-order valence-electron chi connectivity index (χ1n) is 7.78. The Morgan fingerprint density at radius 2 is 1.80 bits per heavy atom. The van der Waals surface area contributed by atoms with Crippen LogP contribution in [0, 0.1) is 0 Å². The highest BCUT2D eigenvalue weighted by Crippen LogP contribution is 2.32. The molecule has 0 atom stereocenters. The molecule has 0 aliphatic heterocycles. The Balaban J connectivity index is 1.88. The third kappa shape index (κ3) is 4.30. The molecule has 1 aliphatic carbocycles. The van der Waals surface area contributed by atoms with Gasteiger partial charge in [-0.25, -0.2) is 0 Å². The van der Waals surface area contributed by atoms with Crippen molar-refractivity contribution in [2.75, 3.05) is 27.2 Å². The van der Waals surface area contributed by atoms with Crippen LogP contribution in [0.15, 0.2) is 24.3 Å². The Hall–Kier alpha value is -0.900.